The van der Waals surface area contributed by atoms with Crippen LogP contribution in [-0.2, 0) is 9.59 Å². The molecule has 0 bridgehead atoms. The summed E-state index contributed by atoms with van der Waals surface area (Å²) in [5, 5.41) is 20.9. The lowest BCUT2D eigenvalue weighted by atomic mass is 10.5. The molecule has 0 aromatic carbocycles. The first-order valence-electron chi connectivity index (χ1n) is 3.56. The van der Waals surface area contributed by atoms with Crippen LogP contribution in [0.15, 0.2) is 0 Å². The highest BCUT2D eigenvalue weighted by molar-refractivity contribution is 5.88. The minimum atomic E-state index is -1.31. The average Bonchev–Trinajstić information content (AvgIpc) is 1.86. The molecule has 13 heavy (non-hydrogen) atoms. The van der Waals surface area contributed by atoms with E-state index in [0.717, 1.165) is 0 Å². The zero-order chi connectivity index (χ0) is 11.3. The van der Waals surface area contributed by atoms with Gasteiger partial charge in [0.15, 0.2) is 0 Å². The van der Waals surface area contributed by atoms with E-state index < -0.39 is 18.4 Å². The van der Waals surface area contributed by atoms with Crippen LogP contribution in [0.25, 0.3) is 0 Å². The molecular weight excluding hydrogens is 176 g/mol. The third-order valence-corrected chi connectivity index (χ3v) is 0.302. The summed E-state index contributed by atoms with van der Waals surface area (Å²) in [6.07, 6.45) is -0.806. The molecule has 0 aromatic rings. The molecule has 0 amide bonds. The second-order valence-corrected chi connectivity index (χ2v) is 1.96. The Morgan fingerprint density at radius 1 is 0.923 bits per heavy atom. The van der Waals surface area contributed by atoms with Crippen molar-refractivity contribution in [3.05, 3.63) is 0 Å². The highest BCUT2D eigenvalue weighted by Gasteiger charge is 2.01. The second kappa shape index (κ2) is 17.1. The number of carboxylic acids is 2. The number of rotatable bonds is 2. The Morgan fingerprint density at radius 2 is 1.08 bits per heavy atom. The molecule has 0 saturated heterocycles. The molecule has 0 fully saturated rings. The van der Waals surface area contributed by atoms with Crippen LogP contribution in [-0.4, -0.2) is 50.3 Å². The van der Waals surface area contributed by atoms with E-state index in [1.165, 1.54) is 0 Å². The number of carboxylic acid groups (broad SMARTS) is 2. The Labute approximate surface area is 78.0 Å². The highest BCUT2D eigenvalue weighted by Crippen LogP contribution is 1.74. The largest absolute Gasteiger partial charge is 0.481 e. The Morgan fingerprint density at radius 3 is 1.08 bits per heavy atom. The molecule has 6 nitrogen and oxygen atoms in total. The van der Waals surface area contributed by atoms with Crippen LogP contribution in [0.1, 0.15) is 6.42 Å². The third kappa shape index (κ3) is 104. The molecular formula is C7H18N2O4. The monoisotopic (exact) mass is 194 g/mol. The number of aliphatic carboxylic acids is 2. The van der Waals surface area contributed by atoms with Gasteiger partial charge in [0.2, 0.25) is 0 Å². The fraction of sp³-hybridized carbons (Fsp3) is 0.714. The van der Waals surface area contributed by atoms with E-state index in [1.54, 1.807) is 0 Å². The second-order valence-electron chi connectivity index (χ2n) is 1.96. The summed E-state index contributed by atoms with van der Waals surface area (Å²) in [6.45, 7) is 0. The van der Waals surface area contributed by atoms with Crippen molar-refractivity contribution in [2.24, 2.45) is 0 Å². The van der Waals surface area contributed by atoms with Crippen LogP contribution in [0.5, 0.6) is 0 Å². The molecule has 0 saturated carbocycles. The van der Waals surface area contributed by atoms with Gasteiger partial charge in [0.05, 0.1) is 0 Å². The fourth-order valence-corrected chi connectivity index (χ4v) is 0.129. The van der Waals surface area contributed by atoms with Gasteiger partial charge in [0, 0.05) is 0 Å². The summed E-state index contributed by atoms with van der Waals surface area (Å²) >= 11 is 0. The Kier molecular flexibility index (Phi) is 23.4. The average molecular weight is 194 g/mol. The zero-order valence-electron chi connectivity index (χ0n) is 8.42. The molecule has 6 heteroatoms. The van der Waals surface area contributed by atoms with E-state index in [1.807, 2.05) is 28.2 Å². The van der Waals surface area contributed by atoms with Gasteiger partial charge in [-0.1, -0.05) is 0 Å². The van der Waals surface area contributed by atoms with Crippen LogP contribution in [0.2, 0.25) is 0 Å². The smallest absolute Gasteiger partial charge is 0.314 e. The van der Waals surface area contributed by atoms with Crippen LogP contribution >= 0.6 is 0 Å². The van der Waals surface area contributed by atoms with E-state index in [2.05, 4.69) is 10.6 Å². The lowest BCUT2D eigenvalue weighted by Gasteiger charge is -1.80. The third-order valence-electron chi connectivity index (χ3n) is 0.302. The van der Waals surface area contributed by atoms with Crippen molar-refractivity contribution in [1.29, 1.82) is 0 Å². The first-order chi connectivity index (χ1) is 5.95. The molecule has 0 unspecified atom stereocenters. The van der Waals surface area contributed by atoms with Gasteiger partial charge in [-0.2, -0.15) is 0 Å². The van der Waals surface area contributed by atoms with Crippen LogP contribution < -0.4 is 10.6 Å². The van der Waals surface area contributed by atoms with E-state index in [4.69, 9.17) is 10.2 Å². The molecule has 0 heterocycles. The number of hydrogen-bond donors (Lipinski definition) is 4. The molecule has 0 aliphatic carbocycles. The van der Waals surface area contributed by atoms with Crippen molar-refractivity contribution in [1.82, 2.24) is 10.6 Å². The molecule has 0 spiro atoms. The predicted molar refractivity (Wildman–Crippen MR) is 49.9 cm³/mol. The summed E-state index contributed by atoms with van der Waals surface area (Å²) in [6, 6.07) is 0. The number of carbonyl (C=O) groups is 2. The van der Waals surface area contributed by atoms with Crippen molar-refractivity contribution >= 4 is 11.9 Å². The molecule has 0 aliphatic rings. The molecule has 4 N–H and O–H groups in total. The van der Waals surface area contributed by atoms with Gasteiger partial charge >= 0.3 is 11.9 Å². The van der Waals surface area contributed by atoms with Crippen molar-refractivity contribution in [3.63, 3.8) is 0 Å². The maximum atomic E-state index is 9.43. The highest BCUT2D eigenvalue weighted by atomic mass is 16.4. The minimum Gasteiger partial charge on any atom is -0.481 e. The molecule has 0 aromatic heterocycles. The summed E-state index contributed by atoms with van der Waals surface area (Å²) in [5.41, 5.74) is 0. The van der Waals surface area contributed by atoms with Crippen LogP contribution in [0.4, 0.5) is 0 Å². The first kappa shape index (κ1) is 17.8. The SMILES string of the molecule is CNC.CNC.O=C(O)CC(=O)O. The quantitative estimate of drug-likeness (QED) is 0.430. The molecule has 80 valence electrons. The minimum absolute atomic E-state index is 0.806. The van der Waals surface area contributed by atoms with E-state index in [-0.39, 0.29) is 0 Å². The fourth-order valence-electron chi connectivity index (χ4n) is 0.129. The normalized spacial score (nSPS) is 7.08. The Balaban J connectivity index is -0.000000140. The van der Waals surface area contributed by atoms with E-state index in [0.29, 0.717) is 0 Å². The van der Waals surface area contributed by atoms with Crippen molar-refractivity contribution in [3.8, 4) is 0 Å². The summed E-state index contributed by atoms with van der Waals surface area (Å²) < 4.78 is 0. The maximum Gasteiger partial charge on any atom is 0.314 e. The summed E-state index contributed by atoms with van der Waals surface area (Å²) in [5.74, 6) is -2.62. The summed E-state index contributed by atoms with van der Waals surface area (Å²) in [4.78, 5) is 18.9. The van der Waals surface area contributed by atoms with Gasteiger partial charge in [-0.3, -0.25) is 9.59 Å². The molecule has 0 radical (unpaired) electrons. The van der Waals surface area contributed by atoms with Gasteiger partial charge in [0.25, 0.3) is 0 Å². The standard InChI is InChI=1S/C3H4O4.2C2H7N/c4-2(5)1-3(6)7;2*1-3-2/h1H2,(H,4,5)(H,6,7);2*3H,1-2H3. The number of nitrogens with one attached hydrogen (secondary N) is 2. The van der Waals surface area contributed by atoms with Gasteiger partial charge in [0.1, 0.15) is 6.42 Å². The lowest BCUT2D eigenvalue weighted by Crippen LogP contribution is -2.03. The van der Waals surface area contributed by atoms with Gasteiger partial charge < -0.3 is 20.8 Å². The molecule has 0 rings (SSSR count). The van der Waals surface area contributed by atoms with E-state index in [9.17, 15) is 9.59 Å². The van der Waals surface area contributed by atoms with Crippen molar-refractivity contribution < 1.29 is 19.8 Å². The van der Waals surface area contributed by atoms with Crippen LogP contribution in [0, 0.1) is 0 Å². The Bertz CT molecular complexity index is 114. The van der Waals surface area contributed by atoms with Crippen molar-refractivity contribution in [2.75, 3.05) is 28.2 Å². The van der Waals surface area contributed by atoms with Gasteiger partial charge in [-0.25, -0.2) is 0 Å². The summed E-state index contributed by atoms with van der Waals surface area (Å²) in [7, 11) is 7.50. The molecule has 0 atom stereocenters. The first-order valence-corrected chi connectivity index (χ1v) is 3.56. The van der Waals surface area contributed by atoms with Crippen molar-refractivity contribution in [2.45, 2.75) is 6.42 Å². The van der Waals surface area contributed by atoms with E-state index >= 15 is 0 Å². The Hall–Kier alpha value is -1.14. The van der Waals surface area contributed by atoms with Crippen LogP contribution in [0.3, 0.4) is 0 Å². The maximum absolute atomic E-state index is 9.43. The van der Waals surface area contributed by atoms with Gasteiger partial charge in [-0.05, 0) is 28.2 Å². The predicted octanol–water partition coefficient (Wildman–Crippen LogP) is -0.783. The molecule has 0 aliphatic heterocycles. The van der Waals surface area contributed by atoms with Gasteiger partial charge in [-0.15, -0.1) is 0 Å². The lowest BCUT2D eigenvalue weighted by molar-refractivity contribution is -0.147. The zero-order valence-corrected chi connectivity index (χ0v) is 8.42. The number of hydrogen-bond acceptors (Lipinski definition) is 4. The topological polar surface area (TPSA) is 98.7 Å².